The molecule has 0 atom stereocenters. The number of hydrogen-bond acceptors (Lipinski definition) is 3. The molecular formula is C6H9N5O. The van der Waals surface area contributed by atoms with Crippen LogP contribution in [0.15, 0.2) is 15.9 Å². The first-order chi connectivity index (χ1) is 5.58. The normalized spacial score (nSPS) is 9.42. The van der Waals surface area contributed by atoms with Crippen LogP contribution in [0.3, 0.4) is 0 Å². The summed E-state index contributed by atoms with van der Waals surface area (Å²) in [5, 5.41) is 0. The predicted octanol–water partition coefficient (Wildman–Crippen LogP) is -1.02. The Morgan fingerprint density at radius 3 is 2.83 bits per heavy atom. The fourth-order valence-electron chi connectivity index (χ4n) is 0.739. The Morgan fingerprint density at radius 2 is 2.33 bits per heavy atom. The van der Waals surface area contributed by atoms with E-state index >= 15 is 0 Å². The molecule has 6 nitrogen and oxygen atoms in total. The summed E-state index contributed by atoms with van der Waals surface area (Å²) in [6, 6.07) is 1.35. The average molecular weight is 167 g/mol. The number of aromatic nitrogens is 2. The molecule has 1 heterocycles. The average Bonchev–Trinajstić information content (AvgIpc) is 1.81. The predicted molar refractivity (Wildman–Crippen MR) is 45.1 cm³/mol. The van der Waals surface area contributed by atoms with E-state index in [2.05, 4.69) is 15.0 Å². The number of nitrogens with two attached hydrogens (primary N) is 2. The first-order valence-electron chi connectivity index (χ1n) is 3.25. The summed E-state index contributed by atoms with van der Waals surface area (Å²) in [5.41, 5.74) is 10.5. The summed E-state index contributed by atoms with van der Waals surface area (Å²) in [6.45, 7) is 1.68. The second-order valence-electron chi connectivity index (χ2n) is 2.25. The van der Waals surface area contributed by atoms with E-state index in [1.807, 2.05) is 0 Å². The SMILES string of the molecule is Cc1cc(=O)[nH]c(N=C(N)N)n1. The van der Waals surface area contributed by atoms with Crippen molar-refractivity contribution < 1.29 is 0 Å². The van der Waals surface area contributed by atoms with E-state index in [4.69, 9.17) is 11.5 Å². The van der Waals surface area contributed by atoms with Crippen LogP contribution < -0.4 is 17.0 Å². The Morgan fingerprint density at radius 1 is 1.67 bits per heavy atom. The minimum Gasteiger partial charge on any atom is -0.370 e. The first-order valence-corrected chi connectivity index (χ1v) is 3.25. The van der Waals surface area contributed by atoms with Crippen LogP contribution in [0.2, 0.25) is 0 Å². The van der Waals surface area contributed by atoms with E-state index in [1.54, 1.807) is 6.92 Å². The van der Waals surface area contributed by atoms with Gasteiger partial charge in [0.25, 0.3) is 5.56 Å². The van der Waals surface area contributed by atoms with Crippen molar-refractivity contribution in [3.63, 3.8) is 0 Å². The molecule has 0 saturated carbocycles. The van der Waals surface area contributed by atoms with E-state index in [-0.39, 0.29) is 17.5 Å². The van der Waals surface area contributed by atoms with Crippen molar-refractivity contribution >= 4 is 11.9 Å². The third kappa shape index (κ3) is 2.08. The molecule has 5 N–H and O–H groups in total. The largest absolute Gasteiger partial charge is 0.370 e. The number of nitrogens with one attached hydrogen (secondary N) is 1. The lowest BCUT2D eigenvalue weighted by Crippen LogP contribution is -2.22. The van der Waals surface area contributed by atoms with E-state index in [1.165, 1.54) is 6.07 Å². The van der Waals surface area contributed by atoms with Crippen molar-refractivity contribution in [1.29, 1.82) is 0 Å². The zero-order valence-electron chi connectivity index (χ0n) is 6.53. The molecule has 1 rings (SSSR count). The minimum absolute atomic E-state index is 0.125. The quantitative estimate of drug-likeness (QED) is 0.367. The van der Waals surface area contributed by atoms with E-state index < -0.39 is 0 Å². The van der Waals surface area contributed by atoms with E-state index in [0.717, 1.165) is 0 Å². The number of aryl methyl sites for hydroxylation is 1. The standard InChI is InChI=1S/C6H9N5O/c1-3-2-4(12)10-6(9-3)11-5(7)8/h2H,1H3,(H5,7,8,9,10,11,12). The highest BCUT2D eigenvalue weighted by molar-refractivity contribution is 5.77. The number of aromatic amines is 1. The van der Waals surface area contributed by atoms with Gasteiger partial charge in [0.1, 0.15) is 0 Å². The third-order valence-corrected chi connectivity index (χ3v) is 1.09. The maximum atomic E-state index is 10.8. The van der Waals surface area contributed by atoms with Gasteiger partial charge in [0.15, 0.2) is 5.96 Å². The van der Waals surface area contributed by atoms with Gasteiger partial charge in [0.2, 0.25) is 5.95 Å². The Hall–Kier alpha value is -1.85. The van der Waals surface area contributed by atoms with E-state index in [9.17, 15) is 4.79 Å². The van der Waals surface area contributed by atoms with Crippen molar-refractivity contribution in [2.45, 2.75) is 6.92 Å². The van der Waals surface area contributed by atoms with Crippen LogP contribution in [0, 0.1) is 6.92 Å². The van der Waals surface area contributed by atoms with Gasteiger partial charge in [0.05, 0.1) is 0 Å². The van der Waals surface area contributed by atoms with Crippen molar-refractivity contribution in [3.05, 3.63) is 22.1 Å². The molecule has 6 heteroatoms. The highest BCUT2D eigenvalue weighted by Gasteiger charge is 1.94. The monoisotopic (exact) mass is 167 g/mol. The minimum atomic E-state index is -0.275. The summed E-state index contributed by atoms with van der Waals surface area (Å²) in [7, 11) is 0. The van der Waals surface area contributed by atoms with Crippen LogP contribution in [0.25, 0.3) is 0 Å². The van der Waals surface area contributed by atoms with Crippen LogP contribution in [0.4, 0.5) is 5.95 Å². The van der Waals surface area contributed by atoms with Gasteiger partial charge < -0.3 is 11.5 Å². The molecule has 0 aromatic carbocycles. The van der Waals surface area contributed by atoms with Gasteiger partial charge in [-0.15, -0.1) is 0 Å². The topological polar surface area (TPSA) is 110 Å². The Kier molecular flexibility index (Phi) is 2.09. The molecule has 0 spiro atoms. The van der Waals surface area contributed by atoms with Crippen LogP contribution in [0.1, 0.15) is 5.69 Å². The smallest absolute Gasteiger partial charge is 0.252 e. The first kappa shape index (κ1) is 8.25. The van der Waals surface area contributed by atoms with Crippen LogP contribution in [-0.2, 0) is 0 Å². The zero-order chi connectivity index (χ0) is 9.14. The molecule has 0 amide bonds. The van der Waals surface area contributed by atoms with Gasteiger partial charge >= 0.3 is 0 Å². The van der Waals surface area contributed by atoms with Gasteiger partial charge in [0, 0.05) is 11.8 Å². The number of H-pyrrole nitrogens is 1. The molecule has 0 aliphatic heterocycles. The molecule has 1 aromatic rings. The highest BCUT2D eigenvalue weighted by atomic mass is 16.1. The van der Waals surface area contributed by atoms with Crippen LogP contribution in [0.5, 0.6) is 0 Å². The second-order valence-corrected chi connectivity index (χ2v) is 2.25. The Labute approximate surface area is 68.3 Å². The van der Waals surface area contributed by atoms with Gasteiger partial charge in [-0.2, -0.15) is 4.99 Å². The number of aliphatic imine (C=N–C) groups is 1. The molecule has 0 bridgehead atoms. The lowest BCUT2D eigenvalue weighted by molar-refractivity contribution is 1.05. The van der Waals surface area contributed by atoms with Crippen molar-refractivity contribution in [1.82, 2.24) is 9.97 Å². The molecule has 0 saturated heterocycles. The van der Waals surface area contributed by atoms with Crippen molar-refractivity contribution in [3.8, 4) is 0 Å². The number of hydrogen-bond donors (Lipinski definition) is 3. The summed E-state index contributed by atoms with van der Waals surface area (Å²) in [5.74, 6) is -0.0104. The summed E-state index contributed by atoms with van der Waals surface area (Å²) < 4.78 is 0. The van der Waals surface area contributed by atoms with Crippen LogP contribution in [-0.4, -0.2) is 15.9 Å². The molecule has 0 unspecified atom stereocenters. The molecule has 0 aliphatic carbocycles. The number of rotatable bonds is 1. The fraction of sp³-hybridized carbons (Fsp3) is 0.167. The molecule has 12 heavy (non-hydrogen) atoms. The zero-order valence-corrected chi connectivity index (χ0v) is 6.53. The molecule has 0 radical (unpaired) electrons. The lowest BCUT2D eigenvalue weighted by Gasteiger charge is -1.94. The Balaban J connectivity index is 3.18. The van der Waals surface area contributed by atoms with E-state index in [0.29, 0.717) is 5.69 Å². The molecule has 1 aromatic heterocycles. The van der Waals surface area contributed by atoms with Crippen LogP contribution >= 0.6 is 0 Å². The summed E-state index contributed by atoms with van der Waals surface area (Å²) >= 11 is 0. The number of nitrogens with zero attached hydrogens (tertiary/aromatic N) is 2. The molecule has 0 aliphatic rings. The lowest BCUT2D eigenvalue weighted by atomic mass is 10.4. The third-order valence-electron chi connectivity index (χ3n) is 1.09. The second kappa shape index (κ2) is 3.04. The van der Waals surface area contributed by atoms with Gasteiger partial charge in [-0.05, 0) is 6.92 Å². The summed E-state index contributed by atoms with van der Waals surface area (Å²) in [6.07, 6.45) is 0. The van der Waals surface area contributed by atoms with Gasteiger partial charge in [-0.25, -0.2) is 4.98 Å². The maximum Gasteiger partial charge on any atom is 0.252 e. The highest BCUT2D eigenvalue weighted by Crippen LogP contribution is 1.98. The molecule has 64 valence electrons. The molecule has 0 fully saturated rings. The molecular weight excluding hydrogens is 158 g/mol. The van der Waals surface area contributed by atoms with Gasteiger partial charge in [-0.3, -0.25) is 9.78 Å². The fourth-order valence-corrected chi connectivity index (χ4v) is 0.739. The Bertz CT molecular complexity index is 362. The summed E-state index contributed by atoms with van der Waals surface area (Å²) in [4.78, 5) is 20.7. The maximum absolute atomic E-state index is 10.8. The van der Waals surface area contributed by atoms with Crippen molar-refractivity contribution in [2.75, 3.05) is 0 Å². The van der Waals surface area contributed by atoms with Crippen molar-refractivity contribution in [2.24, 2.45) is 16.5 Å². The number of guanidine groups is 1. The van der Waals surface area contributed by atoms with Gasteiger partial charge in [-0.1, -0.05) is 0 Å².